The van der Waals surface area contributed by atoms with E-state index in [4.69, 9.17) is 16.3 Å². The van der Waals surface area contributed by atoms with Crippen LogP contribution < -0.4 is 4.74 Å². The highest BCUT2D eigenvalue weighted by Gasteiger charge is 2.16. The van der Waals surface area contributed by atoms with E-state index < -0.39 is 0 Å². The number of phenols is 1. The van der Waals surface area contributed by atoms with E-state index in [-0.39, 0.29) is 22.8 Å². The van der Waals surface area contributed by atoms with E-state index in [2.05, 4.69) is 0 Å². The quantitative estimate of drug-likeness (QED) is 0.787. The first-order valence-corrected chi connectivity index (χ1v) is 4.61. The fourth-order valence-corrected chi connectivity index (χ4v) is 1.45. The van der Waals surface area contributed by atoms with E-state index in [9.17, 15) is 9.90 Å². The maximum atomic E-state index is 11.2. The second kappa shape index (κ2) is 4.33. The van der Waals surface area contributed by atoms with Crippen LogP contribution in [0.3, 0.4) is 0 Å². The maximum Gasteiger partial charge on any atom is 0.173 e. The molecular formula is C10H11ClO3. The third-order valence-corrected chi connectivity index (χ3v) is 2.04. The lowest BCUT2D eigenvalue weighted by molar-refractivity contribution is 0.101. The van der Waals surface area contributed by atoms with Crippen molar-refractivity contribution < 1.29 is 14.6 Å². The summed E-state index contributed by atoms with van der Waals surface area (Å²) in [7, 11) is 0. The van der Waals surface area contributed by atoms with Crippen molar-refractivity contribution in [2.45, 2.75) is 13.8 Å². The summed E-state index contributed by atoms with van der Waals surface area (Å²) in [4.78, 5) is 11.2. The van der Waals surface area contributed by atoms with Gasteiger partial charge in [0.15, 0.2) is 17.3 Å². The van der Waals surface area contributed by atoms with Gasteiger partial charge in [-0.05, 0) is 26.0 Å². The molecule has 0 spiro atoms. The van der Waals surface area contributed by atoms with Gasteiger partial charge in [0.2, 0.25) is 0 Å². The summed E-state index contributed by atoms with van der Waals surface area (Å²) in [6, 6.07) is 2.87. The van der Waals surface area contributed by atoms with Gasteiger partial charge in [-0.15, -0.1) is 0 Å². The van der Waals surface area contributed by atoms with Gasteiger partial charge >= 0.3 is 0 Å². The number of carbonyl (C=O) groups excluding carboxylic acids is 1. The molecule has 0 aromatic heterocycles. The largest absolute Gasteiger partial charge is 0.504 e. The smallest absolute Gasteiger partial charge is 0.173 e. The van der Waals surface area contributed by atoms with E-state index in [0.29, 0.717) is 11.6 Å². The van der Waals surface area contributed by atoms with Crippen molar-refractivity contribution in [1.82, 2.24) is 0 Å². The fourth-order valence-electron chi connectivity index (χ4n) is 1.17. The first kappa shape index (κ1) is 10.9. The molecule has 0 atom stereocenters. The Balaban J connectivity index is 3.33. The summed E-state index contributed by atoms with van der Waals surface area (Å²) in [5, 5.41) is 9.75. The molecule has 14 heavy (non-hydrogen) atoms. The van der Waals surface area contributed by atoms with Gasteiger partial charge < -0.3 is 9.84 Å². The molecule has 0 unspecified atom stereocenters. The van der Waals surface area contributed by atoms with Gasteiger partial charge in [0.05, 0.1) is 17.2 Å². The topological polar surface area (TPSA) is 46.5 Å². The van der Waals surface area contributed by atoms with Crippen LogP contribution in [0, 0.1) is 0 Å². The van der Waals surface area contributed by atoms with Crippen LogP contribution in [0.25, 0.3) is 0 Å². The Labute approximate surface area is 87.3 Å². The molecule has 4 heteroatoms. The Hall–Kier alpha value is -1.22. The molecule has 1 rings (SSSR count). The Morgan fingerprint density at radius 3 is 2.71 bits per heavy atom. The lowest BCUT2D eigenvalue weighted by Crippen LogP contribution is -2.01. The second-order valence-electron chi connectivity index (χ2n) is 2.76. The first-order chi connectivity index (χ1) is 6.57. The predicted molar refractivity (Wildman–Crippen MR) is 54.3 cm³/mol. The Morgan fingerprint density at radius 2 is 2.21 bits per heavy atom. The maximum absolute atomic E-state index is 11.2. The molecule has 0 fully saturated rings. The third-order valence-electron chi connectivity index (χ3n) is 1.73. The van der Waals surface area contributed by atoms with E-state index in [1.807, 2.05) is 0 Å². The third kappa shape index (κ3) is 1.99. The number of phenolic OH excluding ortho intramolecular Hbond substituents is 1. The van der Waals surface area contributed by atoms with E-state index in [0.717, 1.165) is 0 Å². The van der Waals surface area contributed by atoms with Crippen LogP contribution in [0.15, 0.2) is 12.1 Å². The average Bonchev–Trinajstić information content (AvgIpc) is 2.11. The molecule has 1 aromatic rings. The zero-order valence-corrected chi connectivity index (χ0v) is 8.76. The number of aromatic hydroxyl groups is 1. The number of hydrogen-bond donors (Lipinski definition) is 1. The average molecular weight is 215 g/mol. The number of halogens is 1. The minimum atomic E-state index is -0.227. The molecule has 3 nitrogen and oxygen atoms in total. The van der Waals surface area contributed by atoms with Gasteiger partial charge in [0, 0.05) is 0 Å². The van der Waals surface area contributed by atoms with Gasteiger partial charge in [-0.1, -0.05) is 11.6 Å². The lowest BCUT2D eigenvalue weighted by atomic mass is 10.1. The van der Waals surface area contributed by atoms with Crippen LogP contribution in [0.5, 0.6) is 11.5 Å². The molecule has 0 radical (unpaired) electrons. The zero-order chi connectivity index (χ0) is 10.7. The minimum absolute atomic E-state index is 0.0681. The Morgan fingerprint density at radius 1 is 1.57 bits per heavy atom. The van der Waals surface area contributed by atoms with Gasteiger partial charge in [-0.2, -0.15) is 0 Å². The van der Waals surface area contributed by atoms with Crippen LogP contribution in [0.2, 0.25) is 5.02 Å². The van der Waals surface area contributed by atoms with Crippen molar-refractivity contribution in [2.75, 3.05) is 6.61 Å². The van der Waals surface area contributed by atoms with E-state index in [1.165, 1.54) is 19.1 Å². The number of benzene rings is 1. The molecule has 1 N–H and O–H groups in total. The van der Waals surface area contributed by atoms with E-state index in [1.54, 1.807) is 6.92 Å². The Bertz CT molecular complexity index is 361. The molecule has 0 amide bonds. The molecule has 0 saturated heterocycles. The van der Waals surface area contributed by atoms with Gasteiger partial charge in [0.1, 0.15) is 0 Å². The zero-order valence-electron chi connectivity index (χ0n) is 8.00. The van der Waals surface area contributed by atoms with Crippen molar-refractivity contribution in [3.8, 4) is 11.5 Å². The molecule has 0 aliphatic heterocycles. The molecule has 0 saturated carbocycles. The molecular weight excluding hydrogens is 204 g/mol. The number of ketones is 1. The number of hydrogen-bond acceptors (Lipinski definition) is 3. The highest BCUT2D eigenvalue weighted by Crippen LogP contribution is 2.35. The van der Waals surface area contributed by atoms with E-state index >= 15 is 0 Å². The van der Waals surface area contributed by atoms with Crippen LogP contribution in [0.1, 0.15) is 24.2 Å². The number of carbonyl (C=O) groups is 1. The summed E-state index contributed by atoms with van der Waals surface area (Å²) in [5.74, 6) is -0.136. The fraction of sp³-hybridized carbons (Fsp3) is 0.300. The molecule has 1 aromatic carbocycles. The highest BCUT2D eigenvalue weighted by atomic mass is 35.5. The van der Waals surface area contributed by atoms with Crippen molar-refractivity contribution >= 4 is 17.4 Å². The van der Waals surface area contributed by atoms with Crippen molar-refractivity contribution in [3.63, 3.8) is 0 Å². The van der Waals surface area contributed by atoms with Crippen molar-refractivity contribution in [2.24, 2.45) is 0 Å². The number of rotatable bonds is 3. The Kier molecular flexibility index (Phi) is 3.36. The van der Waals surface area contributed by atoms with Crippen LogP contribution in [0.4, 0.5) is 0 Å². The monoisotopic (exact) mass is 214 g/mol. The van der Waals surface area contributed by atoms with Crippen LogP contribution >= 0.6 is 11.6 Å². The number of ether oxygens (including phenoxy) is 1. The first-order valence-electron chi connectivity index (χ1n) is 4.23. The molecule has 76 valence electrons. The molecule has 0 aliphatic carbocycles. The SMILES string of the molecule is CCOc1c(O)ccc(Cl)c1C(C)=O. The summed E-state index contributed by atoms with van der Waals surface area (Å²) >= 11 is 5.82. The van der Waals surface area contributed by atoms with Gasteiger partial charge in [-0.25, -0.2) is 0 Å². The van der Waals surface area contributed by atoms with Crippen LogP contribution in [-0.2, 0) is 0 Å². The normalized spacial score (nSPS) is 9.93. The lowest BCUT2D eigenvalue weighted by Gasteiger charge is -2.10. The highest BCUT2D eigenvalue weighted by molar-refractivity contribution is 6.34. The second-order valence-corrected chi connectivity index (χ2v) is 3.17. The van der Waals surface area contributed by atoms with Gasteiger partial charge in [-0.3, -0.25) is 4.79 Å². The summed E-state index contributed by atoms with van der Waals surface area (Å²) in [6.45, 7) is 3.52. The summed E-state index contributed by atoms with van der Waals surface area (Å²) in [6.07, 6.45) is 0. The summed E-state index contributed by atoms with van der Waals surface area (Å²) in [5.41, 5.74) is 0.230. The van der Waals surface area contributed by atoms with Crippen molar-refractivity contribution in [1.29, 1.82) is 0 Å². The minimum Gasteiger partial charge on any atom is -0.504 e. The molecule has 0 aliphatic rings. The van der Waals surface area contributed by atoms with Crippen molar-refractivity contribution in [3.05, 3.63) is 22.7 Å². The summed E-state index contributed by atoms with van der Waals surface area (Å²) < 4.78 is 5.15. The molecule has 0 bridgehead atoms. The van der Waals surface area contributed by atoms with Crippen LogP contribution in [-0.4, -0.2) is 17.5 Å². The van der Waals surface area contributed by atoms with Gasteiger partial charge in [0.25, 0.3) is 0 Å². The standard InChI is InChI=1S/C10H11ClO3/c1-3-14-10-8(13)5-4-7(11)9(10)6(2)12/h4-5,13H,3H2,1-2H3. The number of Topliss-reactive ketones (excluding diaryl/α,β-unsaturated/α-hetero) is 1. The predicted octanol–water partition coefficient (Wildman–Crippen LogP) is 2.65. The molecule has 0 heterocycles.